The molecule has 0 aromatic rings. The molecule has 0 spiro atoms. The van der Waals surface area contributed by atoms with Crippen molar-refractivity contribution in [1.82, 2.24) is 0 Å². The maximum absolute atomic E-state index is 11.5. The Morgan fingerprint density at radius 3 is 0.889 bits per heavy atom. The van der Waals surface area contributed by atoms with Crippen LogP contribution in [0, 0.1) is 0 Å². The summed E-state index contributed by atoms with van der Waals surface area (Å²) in [5, 5.41) is 10.6. The third-order valence-corrected chi connectivity index (χ3v) is 3.48. The molecule has 1 aliphatic rings. The maximum Gasteiger partial charge on any atom is 0.303 e. The van der Waals surface area contributed by atoms with Crippen molar-refractivity contribution in [2.45, 2.75) is 71.2 Å². The molecule has 0 amide bonds. The van der Waals surface area contributed by atoms with Gasteiger partial charge in [0.25, 0.3) is 0 Å². The number of carbonyl (C=O) groups is 5. The number of esters is 5. The first-order valence-corrected chi connectivity index (χ1v) is 7.98. The van der Waals surface area contributed by atoms with Crippen LogP contribution in [0.5, 0.6) is 0 Å². The van der Waals surface area contributed by atoms with Crippen molar-refractivity contribution in [2.75, 3.05) is 0 Å². The molecule has 1 aliphatic carbocycles. The molecule has 11 heteroatoms. The van der Waals surface area contributed by atoms with Crippen LogP contribution in [0.3, 0.4) is 0 Å². The largest absolute Gasteiger partial charge is 0.455 e. The van der Waals surface area contributed by atoms with Gasteiger partial charge in [0.15, 0.2) is 30.5 Å². The average molecular weight is 390 g/mol. The fraction of sp³-hybridized carbons (Fsp3) is 0.688. The van der Waals surface area contributed by atoms with Crippen LogP contribution in [0.25, 0.3) is 0 Å². The van der Waals surface area contributed by atoms with Gasteiger partial charge in [-0.15, -0.1) is 0 Å². The van der Waals surface area contributed by atoms with Crippen LogP contribution in [0.2, 0.25) is 0 Å². The summed E-state index contributed by atoms with van der Waals surface area (Å²) < 4.78 is 25.2. The van der Waals surface area contributed by atoms with Crippen molar-refractivity contribution in [3.05, 3.63) is 0 Å². The van der Waals surface area contributed by atoms with E-state index in [1.165, 1.54) is 0 Å². The summed E-state index contributed by atoms with van der Waals surface area (Å²) in [5.41, 5.74) is 0. The molecule has 0 aromatic carbocycles. The van der Waals surface area contributed by atoms with Crippen LogP contribution in [-0.2, 0) is 47.7 Å². The molecule has 1 saturated carbocycles. The zero-order valence-corrected chi connectivity index (χ0v) is 15.5. The summed E-state index contributed by atoms with van der Waals surface area (Å²) in [6, 6.07) is 0. The third-order valence-electron chi connectivity index (χ3n) is 3.48. The zero-order valence-electron chi connectivity index (χ0n) is 15.5. The first kappa shape index (κ1) is 22.4. The zero-order chi connectivity index (χ0) is 20.9. The summed E-state index contributed by atoms with van der Waals surface area (Å²) in [6.45, 7) is 5.21. The van der Waals surface area contributed by atoms with Gasteiger partial charge in [0.1, 0.15) is 6.10 Å². The predicted molar refractivity (Wildman–Crippen MR) is 83.8 cm³/mol. The molecule has 152 valence electrons. The Hall–Kier alpha value is -2.69. The van der Waals surface area contributed by atoms with Gasteiger partial charge in [0, 0.05) is 34.6 Å². The lowest BCUT2D eigenvalue weighted by molar-refractivity contribution is -0.255. The fourth-order valence-electron chi connectivity index (χ4n) is 2.77. The molecular weight excluding hydrogens is 368 g/mol. The van der Waals surface area contributed by atoms with E-state index in [4.69, 9.17) is 23.7 Å². The Labute approximate surface area is 154 Å². The number of carbonyl (C=O) groups excluding carboxylic acids is 5. The molecular formula is C16H22O11. The number of aliphatic hydroxyl groups excluding tert-OH is 1. The molecule has 27 heavy (non-hydrogen) atoms. The van der Waals surface area contributed by atoms with Gasteiger partial charge in [-0.25, -0.2) is 0 Å². The topological polar surface area (TPSA) is 152 Å². The van der Waals surface area contributed by atoms with E-state index in [9.17, 15) is 29.1 Å². The molecule has 0 radical (unpaired) electrons. The molecule has 1 fully saturated rings. The molecule has 3 unspecified atom stereocenters. The summed E-state index contributed by atoms with van der Waals surface area (Å²) in [6.07, 6.45) is -9.37. The van der Waals surface area contributed by atoms with Crippen molar-refractivity contribution in [3.8, 4) is 0 Å². The summed E-state index contributed by atoms with van der Waals surface area (Å²) >= 11 is 0. The lowest BCUT2D eigenvalue weighted by atomic mass is 9.84. The number of ether oxygens (including phenoxy) is 5. The van der Waals surface area contributed by atoms with E-state index in [1.54, 1.807) is 0 Å². The second-order valence-corrected chi connectivity index (χ2v) is 5.86. The second-order valence-electron chi connectivity index (χ2n) is 5.86. The van der Waals surface area contributed by atoms with Gasteiger partial charge < -0.3 is 28.8 Å². The maximum atomic E-state index is 11.5. The normalized spacial score (nSPS) is 29.9. The smallest absolute Gasteiger partial charge is 0.303 e. The lowest BCUT2D eigenvalue weighted by Crippen LogP contribution is -2.68. The van der Waals surface area contributed by atoms with Crippen molar-refractivity contribution in [1.29, 1.82) is 0 Å². The monoisotopic (exact) mass is 390 g/mol. The number of rotatable bonds is 5. The van der Waals surface area contributed by atoms with E-state index in [-0.39, 0.29) is 0 Å². The highest BCUT2D eigenvalue weighted by atomic mass is 16.7. The Balaban J connectivity index is 3.46. The van der Waals surface area contributed by atoms with Gasteiger partial charge in [-0.3, -0.25) is 24.0 Å². The molecule has 6 atom stereocenters. The van der Waals surface area contributed by atoms with Gasteiger partial charge in [0.2, 0.25) is 0 Å². The van der Waals surface area contributed by atoms with Crippen molar-refractivity contribution < 1.29 is 52.8 Å². The molecule has 0 aliphatic heterocycles. The van der Waals surface area contributed by atoms with Crippen LogP contribution >= 0.6 is 0 Å². The quantitative estimate of drug-likeness (QED) is 0.455. The highest BCUT2D eigenvalue weighted by Crippen LogP contribution is 2.32. The first-order chi connectivity index (χ1) is 12.4. The molecule has 0 saturated heterocycles. The van der Waals surface area contributed by atoms with Gasteiger partial charge in [-0.2, -0.15) is 0 Å². The van der Waals surface area contributed by atoms with E-state index in [2.05, 4.69) is 0 Å². The standard InChI is InChI=1S/C16H22O11/c1-6(17)23-12-11(22)13(24-7(2)18)15(26-9(4)20)16(27-10(5)21)14(12)25-8(3)19/h11-16,22H,1-5H3/t11-,12+,13?,14?,15-,16?/m0/s1. The Kier molecular flexibility index (Phi) is 7.70. The van der Waals surface area contributed by atoms with Crippen molar-refractivity contribution >= 4 is 29.8 Å². The van der Waals surface area contributed by atoms with Crippen molar-refractivity contribution in [2.24, 2.45) is 0 Å². The minimum Gasteiger partial charge on any atom is -0.455 e. The predicted octanol–water partition coefficient (Wildman–Crippen LogP) is -0.981. The Morgan fingerprint density at radius 1 is 0.481 bits per heavy atom. The molecule has 0 aromatic heterocycles. The van der Waals surface area contributed by atoms with Gasteiger partial charge in [-0.05, 0) is 0 Å². The van der Waals surface area contributed by atoms with Crippen LogP contribution in [0.15, 0.2) is 0 Å². The van der Waals surface area contributed by atoms with E-state index in [0.717, 1.165) is 34.6 Å². The van der Waals surface area contributed by atoms with Gasteiger partial charge >= 0.3 is 29.8 Å². The molecule has 11 nitrogen and oxygen atoms in total. The van der Waals surface area contributed by atoms with Crippen LogP contribution in [0.4, 0.5) is 0 Å². The SMILES string of the molecule is CC(=O)OC1C(OC(C)=O)[C@H](OC(C)=O)[C@H](O)C(OC(C)=O)[C@@H]1OC(C)=O. The van der Waals surface area contributed by atoms with E-state index in [1.807, 2.05) is 0 Å². The third kappa shape index (κ3) is 6.20. The second kappa shape index (κ2) is 9.31. The number of hydrogen-bond donors (Lipinski definition) is 1. The molecule has 0 heterocycles. The molecule has 1 N–H and O–H groups in total. The van der Waals surface area contributed by atoms with Crippen molar-refractivity contribution in [3.63, 3.8) is 0 Å². The van der Waals surface area contributed by atoms with Gasteiger partial charge in [-0.1, -0.05) is 0 Å². The number of aliphatic hydroxyl groups is 1. The van der Waals surface area contributed by atoms with E-state index < -0.39 is 66.5 Å². The summed E-state index contributed by atoms with van der Waals surface area (Å²) in [7, 11) is 0. The summed E-state index contributed by atoms with van der Waals surface area (Å²) in [4.78, 5) is 57.4. The average Bonchev–Trinajstić information content (AvgIpc) is 2.49. The summed E-state index contributed by atoms with van der Waals surface area (Å²) in [5.74, 6) is -4.20. The minimum absolute atomic E-state index is 0.839. The van der Waals surface area contributed by atoms with Crippen LogP contribution < -0.4 is 0 Å². The fourth-order valence-corrected chi connectivity index (χ4v) is 2.77. The first-order valence-electron chi connectivity index (χ1n) is 7.98. The Morgan fingerprint density at radius 2 is 0.667 bits per heavy atom. The highest BCUT2D eigenvalue weighted by Gasteiger charge is 2.58. The molecule has 1 rings (SSSR count). The Bertz CT molecular complexity index is 569. The van der Waals surface area contributed by atoms with Gasteiger partial charge in [0.05, 0.1) is 0 Å². The lowest BCUT2D eigenvalue weighted by Gasteiger charge is -2.45. The van der Waals surface area contributed by atoms with E-state index in [0.29, 0.717) is 0 Å². The van der Waals surface area contributed by atoms with Crippen LogP contribution in [0.1, 0.15) is 34.6 Å². The highest BCUT2D eigenvalue weighted by molar-refractivity contribution is 5.70. The minimum atomic E-state index is -1.74. The van der Waals surface area contributed by atoms with E-state index >= 15 is 0 Å². The number of hydrogen-bond acceptors (Lipinski definition) is 11. The van der Waals surface area contributed by atoms with Crippen LogP contribution in [-0.4, -0.2) is 71.6 Å². The molecule has 0 bridgehead atoms.